The number of aldehydes is 1. The minimum atomic E-state index is 0.506. The molecule has 0 unspecified atom stereocenters. The zero-order chi connectivity index (χ0) is 12.7. The van der Waals surface area contributed by atoms with Gasteiger partial charge in [0.1, 0.15) is 0 Å². The van der Waals surface area contributed by atoms with E-state index in [1.165, 1.54) is 12.8 Å². The number of carbonyl (C=O) groups is 1. The third-order valence-electron chi connectivity index (χ3n) is 3.51. The highest BCUT2D eigenvalue weighted by molar-refractivity contribution is 6.35. The molecule has 2 aromatic rings. The predicted molar refractivity (Wildman–Crippen MR) is 73.3 cm³/mol. The molecule has 1 saturated carbocycles. The van der Waals surface area contributed by atoms with Crippen LogP contribution in [0.2, 0.25) is 5.02 Å². The summed E-state index contributed by atoms with van der Waals surface area (Å²) in [5.74, 6) is 0. The summed E-state index contributed by atoms with van der Waals surface area (Å²) in [6, 6.07) is 10.5. The zero-order valence-corrected chi connectivity index (χ0v) is 10.9. The van der Waals surface area contributed by atoms with Gasteiger partial charge in [0.05, 0.1) is 16.3 Å². The molecule has 92 valence electrons. The van der Waals surface area contributed by atoms with Gasteiger partial charge in [-0.1, -0.05) is 41.9 Å². The molecule has 0 N–H and O–H groups in total. The van der Waals surface area contributed by atoms with Gasteiger partial charge in [0, 0.05) is 11.7 Å². The van der Waals surface area contributed by atoms with E-state index >= 15 is 0 Å². The van der Waals surface area contributed by atoms with E-state index in [-0.39, 0.29) is 0 Å². The zero-order valence-electron chi connectivity index (χ0n) is 10.2. The fourth-order valence-corrected chi connectivity index (χ4v) is 2.86. The molecule has 1 fully saturated rings. The van der Waals surface area contributed by atoms with Gasteiger partial charge in [-0.15, -0.1) is 0 Å². The molecule has 0 atom stereocenters. The third kappa shape index (κ3) is 1.68. The van der Waals surface area contributed by atoms with Crippen molar-refractivity contribution in [2.75, 3.05) is 0 Å². The Labute approximate surface area is 111 Å². The van der Waals surface area contributed by atoms with Crippen molar-refractivity contribution in [1.29, 1.82) is 0 Å². The molecule has 18 heavy (non-hydrogen) atoms. The molecular weight excluding hydrogens is 246 g/mol. The smallest absolute Gasteiger partial charge is 0.153 e. The van der Waals surface area contributed by atoms with Crippen LogP contribution in [0.25, 0.3) is 11.3 Å². The van der Waals surface area contributed by atoms with Crippen molar-refractivity contribution in [3.05, 3.63) is 46.6 Å². The SMILES string of the molecule is Cc1c(C=O)c(Cl)c(-c2ccccc2)n1C1CC1. The highest BCUT2D eigenvalue weighted by Gasteiger charge is 2.31. The molecule has 1 aromatic carbocycles. The van der Waals surface area contributed by atoms with Gasteiger partial charge >= 0.3 is 0 Å². The van der Waals surface area contributed by atoms with Gasteiger partial charge in [0.2, 0.25) is 0 Å². The van der Waals surface area contributed by atoms with Crippen LogP contribution < -0.4 is 0 Å². The molecule has 0 radical (unpaired) electrons. The maximum Gasteiger partial charge on any atom is 0.153 e. The van der Waals surface area contributed by atoms with Crippen molar-refractivity contribution in [3.8, 4) is 11.3 Å². The Morgan fingerprint density at radius 3 is 2.50 bits per heavy atom. The molecule has 1 heterocycles. The van der Waals surface area contributed by atoms with Crippen LogP contribution in [-0.2, 0) is 0 Å². The first kappa shape index (κ1) is 11.5. The average Bonchev–Trinajstić information content (AvgIpc) is 3.18. The molecule has 2 nitrogen and oxygen atoms in total. The largest absolute Gasteiger partial charge is 0.340 e. The summed E-state index contributed by atoms with van der Waals surface area (Å²) in [6.07, 6.45) is 3.21. The summed E-state index contributed by atoms with van der Waals surface area (Å²) in [5.41, 5.74) is 3.67. The molecule has 1 aliphatic carbocycles. The van der Waals surface area contributed by atoms with Crippen molar-refractivity contribution in [1.82, 2.24) is 4.57 Å². The molecule has 0 aliphatic heterocycles. The van der Waals surface area contributed by atoms with Gasteiger partial charge in [-0.3, -0.25) is 4.79 Å². The normalized spacial score (nSPS) is 14.8. The second-order valence-corrected chi connectivity index (χ2v) is 5.12. The molecule has 1 aliphatic rings. The van der Waals surface area contributed by atoms with Crippen LogP contribution in [0.1, 0.15) is 34.9 Å². The Hall–Kier alpha value is -1.54. The maximum atomic E-state index is 11.2. The molecule has 3 rings (SSSR count). The number of rotatable bonds is 3. The monoisotopic (exact) mass is 259 g/mol. The fraction of sp³-hybridized carbons (Fsp3) is 0.267. The summed E-state index contributed by atoms with van der Waals surface area (Å²) in [6.45, 7) is 1.97. The lowest BCUT2D eigenvalue weighted by molar-refractivity contribution is 0.112. The van der Waals surface area contributed by atoms with Crippen LogP contribution in [0, 0.1) is 6.92 Å². The first-order chi connectivity index (χ1) is 8.74. The Balaban J connectivity index is 2.27. The second-order valence-electron chi connectivity index (χ2n) is 4.75. The van der Waals surface area contributed by atoms with E-state index in [1.807, 2.05) is 37.3 Å². The number of benzene rings is 1. The quantitative estimate of drug-likeness (QED) is 0.755. The van der Waals surface area contributed by atoms with Crippen molar-refractivity contribution in [2.24, 2.45) is 0 Å². The number of nitrogens with zero attached hydrogens (tertiary/aromatic N) is 1. The summed E-state index contributed by atoms with van der Waals surface area (Å²) >= 11 is 6.39. The lowest BCUT2D eigenvalue weighted by Gasteiger charge is -2.10. The second kappa shape index (κ2) is 4.29. The topological polar surface area (TPSA) is 22.0 Å². The van der Waals surface area contributed by atoms with Crippen LogP contribution in [0.3, 0.4) is 0 Å². The Bertz CT molecular complexity index is 597. The average molecular weight is 260 g/mol. The van der Waals surface area contributed by atoms with E-state index in [0.29, 0.717) is 16.6 Å². The fourth-order valence-electron chi connectivity index (χ4n) is 2.48. The molecular formula is C15H14ClNO. The predicted octanol–water partition coefficient (Wildman–Crippen LogP) is 4.26. The van der Waals surface area contributed by atoms with E-state index in [1.54, 1.807) is 0 Å². The molecule has 0 saturated heterocycles. The number of carbonyl (C=O) groups excluding carboxylic acids is 1. The van der Waals surface area contributed by atoms with E-state index in [0.717, 1.165) is 23.2 Å². The maximum absolute atomic E-state index is 11.2. The number of halogens is 1. The van der Waals surface area contributed by atoms with Gasteiger partial charge in [-0.05, 0) is 25.3 Å². The first-order valence-electron chi connectivity index (χ1n) is 6.15. The minimum Gasteiger partial charge on any atom is -0.340 e. The summed E-state index contributed by atoms with van der Waals surface area (Å²) in [7, 11) is 0. The van der Waals surface area contributed by atoms with Crippen molar-refractivity contribution < 1.29 is 4.79 Å². The number of hydrogen-bond acceptors (Lipinski definition) is 1. The van der Waals surface area contributed by atoms with Crippen LogP contribution in [-0.4, -0.2) is 10.9 Å². The van der Waals surface area contributed by atoms with Gasteiger partial charge in [0.25, 0.3) is 0 Å². The van der Waals surface area contributed by atoms with Crippen LogP contribution in [0.4, 0.5) is 0 Å². The van der Waals surface area contributed by atoms with Crippen molar-refractivity contribution in [3.63, 3.8) is 0 Å². The molecule has 0 spiro atoms. The van der Waals surface area contributed by atoms with Crippen LogP contribution >= 0.6 is 11.6 Å². The van der Waals surface area contributed by atoms with Crippen molar-refractivity contribution >= 4 is 17.9 Å². The molecule has 1 aromatic heterocycles. The first-order valence-corrected chi connectivity index (χ1v) is 6.52. The molecule has 3 heteroatoms. The lowest BCUT2D eigenvalue weighted by Crippen LogP contribution is -1.99. The van der Waals surface area contributed by atoms with Crippen LogP contribution in [0.15, 0.2) is 30.3 Å². The summed E-state index contributed by atoms with van der Waals surface area (Å²) in [5, 5.41) is 0.584. The highest BCUT2D eigenvalue weighted by atomic mass is 35.5. The van der Waals surface area contributed by atoms with Gasteiger partial charge in [-0.2, -0.15) is 0 Å². The van der Waals surface area contributed by atoms with Crippen molar-refractivity contribution in [2.45, 2.75) is 25.8 Å². The van der Waals surface area contributed by atoms with E-state index in [2.05, 4.69) is 4.57 Å². The Kier molecular flexibility index (Phi) is 2.75. The molecule has 0 bridgehead atoms. The summed E-state index contributed by atoms with van der Waals surface area (Å²) in [4.78, 5) is 11.2. The Morgan fingerprint density at radius 2 is 1.94 bits per heavy atom. The third-order valence-corrected chi connectivity index (χ3v) is 3.90. The van der Waals surface area contributed by atoms with Gasteiger partial charge in [-0.25, -0.2) is 0 Å². The minimum absolute atomic E-state index is 0.506. The van der Waals surface area contributed by atoms with Gasteiger partial charge < -0.3 is 4.57 Å². The number of hydrogen-bond donors (Lipinski definition) is 0. The van der Waals surface area contributed by atoms with E-state index in [4.69, 9.17) is 11.6 Å². The molecule has 0 amide bonds. The highest BCUT2D eigenvalue weighted by Crippen LogP contribution is 2.44. The number of aromatic nitrogens is 1. The summed E-state index contributed by atoms with van der Waals surface area (Å²) < 4.78 is 2.22. The standard InChI is InChI=1S/C15H14ClNO/c1-10-13(9-18)14(16)15(17(10)12-7-8-12)11-5-3-2-4-6-11/h2-6,9,12H,7-8H2,1H3. The van der Waals surface area contributed by atoms with Gasteiger partial charge in [0.15, 0.2) is 6.29 Å². The lowest BCUT2D eigenvalue weighted by atomic mass is 10.1. The van der Waals surface area contributed by atoms with E-state index < -0.39 is 0 Å². The van der Waals surface area contributed by atoms with Crippen LogP contribution in [0.5, 0.6) is 0 Å². The van der Waals surface area contributed by atoms with E-state index in [9.17, 15) is 4.79 Å². The Morgan fingerprint density at radius 1 is 1.28 bits per heavy atom.